The standard InChI is InChI=1S/C52H75N11O21/c1-23(2)15-29(54-43(74)26(6)53-44(75)31(18-38(65)66)59-50(81)37-13-14-62-22-36(51(82)63(37)62)61-42(73)25(5)27(7)64)45(76)56-33(20-40(69)70)48(79)58-32(19-39(67)68)47(78)55-30(17-28-11-9-8-10-12-28)46(77)57-34(21-41(71)72)49(80)60-35(52(83)84)16-24(3)4/h8-12,23-27,29-37,64H,13-22H2,1-7H3,(H,53,75)(H,54,74)(H,55,78)(H,56,76)(H,57,77)(H,58,79)(H,59,81)(H,60,80)(H,61,73)(H,65,66)(H,67,68)(H,69,70)(H,71,72)(H,83,84). The number of hydrazine groups is 1. The molecule has 464 valence electrons. The average Bonchev–Trinajstić information content (AvgIpc) is 2.73. The third-order valence-corrected chi connectivity index (χ3v) is 13.3. The van der Waals surface area contributed by atoms with Crippen LogP contribution in [0, 0.1) is 17.8 Å². The first-order valence-electron chi connectivity index (χ1n) is 26.8. The molecule has 0 bridgehead atoms. The molecule has 0 saturated carbocycles. The predicted octanol–water partition coefficient (Wildman–Crippen LogP) is -4.46. The quantitative estimate of drug-likeness (QED) is 0.0309. The number of carbonyl (C=O) groups excluding carboxylic acids is 10. The number of carbonyl (C=O) groups is 15. The van der Waals surface area contributed by atoms with Gasteiger partial charge in [-0.05, 0) is 50.5 Å². The van der Waals surface area contributed by atoms with Crippen molar-refractivity contribution in [2.75, 3.05) is 13.1 Å². The van der Waals surface area contributed by atoms with Crippen molar-refractivity contribution >= 4 is 88.9 Å². The van der Waals surface area contributed by atoms with Crippen LogP contribution in [0.25, 0.3) is 0 Å². The number of carboxylic acid groups (broad SMARTS) is 5. The third-order valence-electron chi connectivity index (χ3n) is 13.3. The van der Waals surface area contributed by atoms with Crippen LogP contribution in [0.4, 0.5) is 0 Å². The van der Waals surface area contributed by atoms with Gasteiger partial charge in [-0.2, -0.15) is 0 Å². The van der Waals surface area contributed by atoms with Crippen molar-refractivity contribution in [3.05, 3.63) is 35.9 Å². The van der Waals surface area contributed by atoms with Gasteiger partial charge in [0.15, 0.2) is 0 Å². The Labute approximate surface area is 481 Å². The molecule has 12 atom stereocenters. The molecule has 2 aliphatic rings. The number of aliphatic carboxylic acids is 5. The summed E-state index contributed by atoms with van der Waals surface area (Å²) >= 11 is 0. The van der Waals surface area contributed by atoms with Crippen LogP contribution >= 0.6 is 0 Å². The second kappa shape index (κ2) is 32.1. The van der Waals surface area contributed by atoms with E-state index in [0.29, 0.717) is 5.56 Å². The Morgan fingerprint density at radius 1 is 0.500 bits per heavy atom. The molecule has 0 aromatic heterocycles. The van der Waals surface area contributed by atoms with E-state index in [0.717, 1.165) is 11.9 Å². The average molecular weight is 1190 g/mol. The lowest BCUT2D eigenvalue weighted by molar-refractivity contribution is -0.147. The van der Waals surface area contributed by atoms with Crippen molar-refractivity contribution < 1.29 is 103 Å². The number of hydrogen-bond donors (Lipinski definition) is 15. The Kier molecular flexibility index (Phi) is 26.6. The molecule has 2 heterocycles. The molecule has 2 fully saturated rings. The maximum absolute atomic E-state index is 14.0. The van der Waals surface area contributed by atoms with Gasteiger partial charge in [0.1, 0.15) is 60.4 Å². The summed E-state index contributed by atoms with van der Waals surface area (Å²) in [4.78, 5) is 196. The van der Waals surface area contributed by atoms with Crippen LogP contribution in [0.5, 0.6) is 0 Å². The summed E-state index contributed by atoms with van der Waals surface area (Å²) in [5.74, 6) is -20.6. The zero-order valence-electron chi connectivity index (χ0n) is 47.2. The molecule has 0 aliphatic carbocycles. The number of hydrogen-bond acceptors (Lipinski definition) is 17. The smallest absolute Gasteiger partial charge is 0.326 e. The van der Waals surface area contributed by atoms with Crippen molar-refractivity contribution in [2.24, 2.45) is 17.8 Å². The molecule has 32 nitrogen and oxygen atoms in total. The fourth-order valence-electron chi connectivity index (χ4n) is 8.79. The largest absolute Gasteiger partial charge is 0.481 e. The molecular weight excluding hydrogens is 1110 g/mol. The second-order valence-electron chi connectivity index (χ2n) is 21.3. The van der Waals surface area contributed by atoms with Gasteiger partial charge in [-0.1, -0.05) is 65.0 Å². The first kappa shape index (κ1) is 69.5. The van der Waals surface area contributed by atoms with Crippen LogP contribution in [0.15, 0.2) is 30.3 Å². The predicted molar refractivity (Wildman–Crippen MR) is 286 cm³/mol. The Balaban J connectivity index is 1.81. The fraction of sp³-hybridized carbons (Fsp3) is 0.596. The van der Waals surface area contributed by atoms with E-state index in [1.807, 2.05) is 0 Å². The number of aliphatic hydroxyl groups excluding tert-OH is 1. The number of fused-ring (bicyclic) bond motifs is 1. The molecular formula is C52H75N11O21. The molecule has 2 saturated heterocycles. The van der Waals surface area contributed by atoms with Gasteiger partial charge in [-0.3, -0.25) is 72.1 Å². The Morgan fingerprint density at radius 2 is 0.893 bits per heavy atom. The van der Waals surface area contributed by atoms with Crippen LogP contribution in [0.2, 0.25) is 0 Å². The SMILES string of the molecule is CC(C)CC(NC(=O)C(CC(=O)O)NC(=O)C(Cc1ccccc1)NC(=O)C(CC(=O)O)NC(=O)C(CC(=O)O)NC(=O)C(CC(C)C)NC(=O)C(C)NC(=O)C(CC(=O)O)NC(=O)C1CCN2CC(NC(=O)C(C)C(C)O)C(=O)N12)C(=O)O. The van der Waals surface area contributed by atoms with E-state index in [4.69, 9.17) is 0 Å². The highest BCUT2D eigenvalue weighted by molar-refractivity contribution is 6.01. The minimum absolute atomic E-state index is 0.0196. The topological polar surface area (TPSA) is 492 Å². The highest BCUT2D eigenvalue weighted by atomic mass is 16.4. The summed E-state index contributed by atoms with van der Waals surface area (Å²) < 4.78 is 0. The van der Waals surface area contributed by atoms with E-state index in [2.05, 4.69) is 47.9 Å². The normalized spacial score (nSPS) is 18.3. The summed E-state index contributed by atoms with van der Waals surface area (Å²) in [6.45, 7) is 10.6. The van der Waals surface area contributed by atoms with Crippen LogP contribution in [-0.2, 0) is 78.3 Å². The molecule has 12 unspecified atom stereocenters. The zero-order chi connectivity index (χ0) is 63.4. The van der Waals surface area contributed by atoms with Crippen molar-refractivity contribution in [1.82, 2.24) is 57.9 Å². The Hall–Kier alpha value is -8.81. The summed E-state index contributed by atoms with van der Waals surface area (Å²) in [6, 6.07) is -9.11. The number of carboxylic acids is 5. The summed E-state index contributed by atoms with van der Waals surface area (Å²) in [7, 11) is 0. The molecule has 15 N–H and O–H groups in total. The lowest BCUT2D eigenvalue weighted by Crippen LogP contribution is -2.61. The van der Waals surface area contributed by atoms with Crippen LogP contribution in [0.1, 0.15) is 99.0 Å². The van der Waals surface area contributed by atoms with E-state index in [9.17, 15) is 103 Å². The molecule has 1 aromatic rings. The maximum atomic E-state index is 14.0. The van der Waals surface area contributed by atoms with Gasteiger partial charge >= 0.3 is 29.8 Å². The Morgan fingerprint density at radius 3 is 1.33 bits per heavy atom. The molecule has 0 spiro atoms. The van der Waals surface area contributed by atoms with E-state index >= 15 is 0 Å². The minimum atomic E-state index is -2.14. The number of aliphatic hydroxyl groups is 1. The lowest BCUT2D eigenvalue weighted by atomic mass is 10.0. The molecule has 10 amide bonds. The van der Waals surface area contributed by atoms with Gasteiger partial charge in [0.25, 0.3) is 5.91 Å². The monoisotopic (exact) mass is 1190 g/mol. The number of rotatable bonds is 34. The molecule has 32 heteroatoms. The molecule has 0 radical (unpaired) electrons. The first-order valence-corrected chi connectivity index (χ1v) is 26.8. The van der Waals surface area contributed by atoms with Gasteiger partial charge in [-0.25, -0.2) is 9.80 Å². The van der Waals surface area contributed by atoms with E-state index < -0.39 is 199 Å². The molecule has 84 heavy (non-hydrogen) atoms. The number of nitrogens with one attached hydrogen (secondary N) is 9. The van der Waals surface area contributed by atoms with Crippen molar-refractivity contribution in [2.45, 2.75) is 166 Å². The maximum Gasteiger partial charge on any atom is 0.326 e. The van der Waals surface area contributed by atoms with Crippen LogP contribution in [-0.4, -0.2) is 209 Å². The second-order valence-corrected chi connectivity index (χ2v) is 21.3. The van der Waals surface area contributed by atoms with Gasteiger partial charge < -0.3 is 78.5 Å². The van der Waals surface area contributed by atoms with Gasteiger partial charge in [0, 0.05) is 19.5 Å². The minimum Gasteiger partial charge on any atom is -0.481 e. The fourth-order valence-corrected chi connectivity index (χ4v) is 8.79. The summed E-state index contributed by atoms with van der Waals surface area (Å²) in [5, 5.41) is 81.2. The van der Waals surface area contributed by atoms with Crippen LogP contribution < -0.4 is 47.9 Å². The van der Waals surface area contributed by atoms with E-state index in [1.54, 1.807) is 45.9 Å². The summed E-state index contributed by atoms with van der Waals surface area (Å²) in [5.41, 5.74) is 0.359. The summed E-state index contributed by atoms with van der Waals surface area (Å²) in [6.07, 6.45) is -6.18. The molecule has 2 aliphatic heterocycles. The zero-order valence-corrected chi connectivity index (χ0v) is 47.2. The number of amides is 10. The van der Waals surface area contributed by atoms with E-state index in [-0.39, 0.29) is 38.3 Å². The lowest BCUT2D eigenvalue weighted by Gasteiger charge is -2.28. The number of nitrogens with zero attached hydrogens (tertiary/aromatic N) is 2. The Bertz CT molecular complexity index is 2640. The third kappa shape index (κ3) is 21.8. The van der Waals surface area contributed by atoms with Crippen molar-refractivity contribution in [1.29, 1.82) is 0 Å². The van der Waals surface area contributed by atoms with Crippen molar-refractivity contribution in [3.63, 3.8) is 0 Å². The van der Waals surface area contributed by atoms with Gasteiger partial charge in [0.2, 0.25) is 53.2 Å². The molecule has 1 aromatic carbocycles. The van der Waals surface area contributed by atoms with Crippen LogP contribution in [0.3, 0.4) is 0 Å². The highest BCUT2D eigenvalue weighted by Crippen LogP contribution is 2.26. The first-order chi connectivity index (χ1) is 39.2. The van der Waals surface area contributed by atoms with Crippen molar-refractivity contribution in [3.8, 4) is 0 Å². The molecule has 3 rings (SSSR count). The van der Waals surface area contributed by atoms with E-state index in [1.165, 1.54) is 31.0 Å². The van der Waals surface area contributed by atoms with Gasteiger partial charge in [0.05, 0.1) is 37.7 Å². The number of benzene rings is 1. The van der Waals surface area contributed by atoms with Gasteiger partial charge in [-0.15, -0.1) is 0 Å². The highest BCUT2D eigenvalue weighted by Gasteiger charge is 2.50.